The Labute approximate surface area is 106 Å². The Kier molecular flexibility index (Phi) is 2.91. The van der Waals surface area contributed by atoms with Gasteiger partial charge in [-0.3, -0.25) is 4.90 Å². The van der Waals surface area contributed by atoms with Crippen molar-refractivity contribution in [3.63, 3.8) is 0 Å². The van der Waals surface area contributed by atoms with E-state index in [1.54, 1.807) is 0 Å². The van der Waals surface area contributed by atoms with E-state index < -0.39 is 0 Å². The minimum absolute atomic E-state index is 0.520. The summed E-state index contributed by atoms with van der Waals surface area (Å²) in [7, 11) is 0. The van der Waals surface area contributed by atoms with Crippen LogP contribution in [0.3, 0.4) is 0 Å². The number of nitrogens with one attached hydrogen (secondary N) is 1. The van der Waals surface area contributed by atoms with Gasteiger partial charge in [0.1, 0.15) is 11.6 Å². The lowest BCUT2D eigenvalue weighted by Gasteiger charge is -2.13. The van der Waals surface area contributed by atoms with E-state index in [4.69, 9.17) is 4.52 Å². The number of H-pyrrole nitrogens is 1. The average molecular weight is 246 g/mol. The second-order valence-corrected chi connectivity index (χ2v) is 5.10. The van der Waals surface area contributed by atoms with Crippen LogP contribution in [-0.2, 0) is 6.54 Å². The highest BCUT2D eigenvalue weighted by Crippen LogP contribution is 2.26. The van der Waals surface area contributed by atoms with Crippen LogP contribution >= 0.6 is 0 Å². The number of nitrogens with zero attached hydrogens (tertiary/aromatic N) is 3. The van der Waals surface area contributed by atoms with Gasteiger partial charge in [0, 0.05) is 37.0 Å². The van der Waals surface area contributed by atoms with Gasteiger partial charge < -0.3 is 9.51 Å². The van der Waals surface area contributed by atoms with Crippen LogP contribution in [0.1, 0.15) is 35.3 Å². The molecule has 3 heterocycles. The van der Waals surface area contributed by atoms with Crippen LogP contribution in [0.5, 0.6) is 0 Å². The number of rotatable bonds is 3. The minimum Gasteiger partial charge on any atom is -0.361 e. The first-order valence-corrected chi connectivity index (χ1v) is 6.37. The Morgan fingerprint density at radius 3 is 3.06 bits per heavy atom. The molecule has 0 bridgehead atoms. The summed E-state index contributed by atoms with van der Waals surface area (Å²) in [5.74, 6) is 2.51. The fraction of sp³-hybridized carbons (Fsp3) is 0.538. The topological polar surface area (TPSA) is 58.0 Å². The predicted octanol–water partition coefficient (Wildman–Crippen LogP) is 2.00. The van der Waals surface area contributed by atoms with Gasteiger partial charge >= 0.3 is 0 Å². The van der Waals surface area contributed by atoms with Crippen molar-refractivity contribution in [2.75, 3.05) is 13.1 Å². The molecule has 1 aliphatic heterocycles. The number of hydrogen-bond acceptors (Lipinski definition) is 4. The van der Waals surface area contributed by atoms with Crippen LogP contribution in [0.15, 0.2) is 16.8 Å². The molecular weight excluding hydrogens is 228 g/mol. The maximum absolute atomic E-state index is 5.09. The summed E-state index contributed by atoms with van der Waals surface area (Å²) in [6, 6.07) is 2.00. The van der Waals surface area contributed by atoms with Gasteiger partial charge in [-0.1, -0.05) is 5.16 Å². The molecule has 3 rings (SSSR count). The molecule has 1 atom stereocenters. The summed E-state index contributed by atoms with van der Waals surface area (Å²) in [4.78, 5) is 10.2. The third kappa shape index (κ3) is 2.31. The van der Waals surface area contributed by atoms with E-state index in [1.165, 1.54) is 0 Å². The number of likely N-dealkylation sites (tertiary alicyclic amines) is 1. The van der Waals surface area contributed by atoms with Crippen molar-refractivity contribution in [1.29, 1.82) is 0 Å². The van der Waals surface area contributed by atoms with Crippen molar-refractivity contribution in [3.8, 4) is 0 Å². The van der Waals surface area contributed by atoms with Gasteiger partial charge in [-0.2, -0.15) is 0 Å². The van der Waals surface area contributed by atoms with Crippen LogP contribution in [-0.4, -0.2) is 33.1 Å². The molecule has 1 N–H and O–H groups in total. The second-order valence-electron chi connectivity index (χ2n) is 5.10. The predicted molar refractivity (Wildman–Crippen MR) is 67.2 cm³/mol. The maximum Gasteiger partial charge on any atom is 0.133 e. The van der Waals surface area contributed by atoms with Gasteiger partial charge in [0.25, 0.3) is 0 Å². The van der Waals surface area contributed by atoms with Gasteiger partial charge in [0.2, 0.25) is 0 Å². The quantitative estimate of drug-likeness (QED) is 0.900. The normalized spacial score (nSPS) is 20.7. The number of aromatic amines is 1. The average Bonchev–Trinajstić information content (AvgIpc) is 3.01. The van der Waals surface area contributed by atoms with Gasteiger partial charge in [-0.05, 0) is 26.8 Å². The van der Waals surface area contributed by atoms with Gasteiger partial charge in [0.05, 0.1) is 5.69 Å². The van der Waals surface area contributed by atoms with Crippen molar-refractivity contribution in [3.05, 3.63) is 35.2 Å². The van der Waals surface area contributed by atoms with Crippen molar-refractivity contribution in [1.82, 2.24) is 20.0 Å². The van der Waals surface area contributed by atoms with Gasteiger partial charge in [-0.15, -0.1) is 0 Å². The van der Waals surface area contributed by atoms with Crippen LogP contribution in [0.2, 0.25) is 0 Å². The van der Waals surface area contributed by atoms with E-state index in [0.29, 0.717) is 5.92 Å². The van der Waals surface area contributed by atoms with E-state index in [-0.39, 0.29) is 0 Å². The van der Waals surface area contributed by atoms with Crippen LogP contribution in [0, 0.1) is 13.8 Å². The van der Waals surface area contributed by atoms with E-state index >= 15 is 0 Å². The summed E-state index contributed by atoms with van der Waals surface area (Å²) < 4.78 is 5.09. The van der Waals surface area contributed by atoms with Crippen molar-refractivity contribution in [2.24, 2.45) is 0 Å². The van der Waals surface area contributed by atoms with Crippen LogP contribution < -0.4 is 0 Å². The number of aromatic nitrogens is 3. The lowest BCUT2D eigenvalue weighted by molar-refractivity contribution is 0.307. The smallest absolute Gasteiger partial charge is 0.133 e. The van der Waals surface area contributed by atoms with E-state index in [1.807, 2.05) is 26.1 Å². The zero-order chi connectivity index (χ0) is 12.5. The molecular formula is C13H18N4O. The Bertz CT molecular complexity index is 531. The summed E-state index contributed by atoms with van der Waals surface area (Å²) in [5, 5.41) is 4.04. The lowest BCUT2D eigenvalue weighted by Crippen LogP contribution is -2.20. The molecule has 0 amide bonds. The molecule has 96 valence electrons. The summed E-state index contributed by atoms with van der Waals surface area (Å²) in [5.41, 5.74) is 2.15. The van der Waals surface area contributed by atoms with Crippen molar-refractivity contribution >= 4 is 0 Å². The van der Waals surface area contributed by atoms with E-state index in [2.05, 4.69) is 20.0 Å². The second kappa shape index (κ2) is 4.57. The Morgan fingerprint density at radius 1 is 1.50 bits per heavy atom. The fourth-order valence-corrected chi connectivity index (χ4v) is 2.56. The summed E-state index contributed by atoms with van der Waals surface area (Å²) in [6.07, 6.45) is 3.06. The molecule has 1 fully saturated rings. The Hall–Kier alpha value is -1.62. The molecule has 0 aliphatic carbocycles. The number of imidazole rings is 1. The molecule has 2 aromatic rings. The van der Waals surface area contributed by atoms with Crippen LogP contribution in [0.25, 0.3) is 0 Å². The van der Waals surface area contributed by atoms with Gasteiger partial charge in [-0.25, -0.2) is 4.98 Å². The summed E-state index contributed by atoms with van der Waals surface area (Å²) >= 11 is 0. The third-order valence-corrected chi connectivity index (χ3v) is 3.44. The van der Waals surface area contributed by atoms with E-state index in [0.717, 1.165) is 49.0 Å². The minimum atomic E-state index is 0.520. The monoisotopic (exact) mass is 246 g/mol. The zero-order valence-corrected chi connectivity index (χ0v) is 10.8. The molecule has 0 radical (unpaired) electrons. The molecule has 2 aromatic heterocycles. The lowest BCUT2D eigenvalue weighted by atomic mass is 10.1. The standard InChI is InChI=1S/C13H18N4O/c1-9-6-14-13(15-9)11-3-4-17(7-11)8-12-5-10(2)18-16-12/h5-6,11H,3-4,7-8H2,1-2H3,(H,14,15). The largest absolute Gasteiger partial charge is 0.361 e. The highest BCUT2D eigenvalue weighted by Gasteiger charge is 2.26. The Balaban J connectivity index is 1.61. The first-order valence-electron chi connectivity index (χ1n) is 6.37. The van der Waals surface area contributed by atoms with E-state index in [9.17, 15) is 0 Å². The first kappa shape index (κ1) is 11.5. The molecule has 1 aliphatic rings. The molecule has 5 nitrogen and oxygen atoms in total. The highest BCUT2D eigenvalue weighted by atomic mass is 16.5. The first-order chi connectivity index (χ1) is 8.70. The molecule has 18 heavy (non-hydrogen) atoms. The summed E-state index contributed by atoms with van der Waals surface area (Å²) in [6.45, 7) is 6.97. The zero-order valence-electron chi connectivity index (χ0n) is 10.8. The molecule has 1 saturated heterocycles. The molecule has 1 unspecified atom stereocenters. The molecule has 5 heteroatoms. The highest BCUT2D eigenvalue weighted by molar-refractivity contribution is 5.08. The van der Waals surface area contributed by atoms with Crippen LogP contribution in [0.4, 0.5) is 0 Å². The maximum atomic E-state index is 5.09. The third-order valence-electron chi connectivity index (χ3n) is 3.44. The Morgan fingerprint density at radius 2 is 2.39 bits per heavy atom. The molecule has 0 aromatic carbocycles. The fourth-order valence-electron chi connectivity index (χ4n) is 2.56. The molecule has 0 saturated carbocycles. The number of aryl methyl sites for hydroxylation is 2. The van der Waals surface area contributed by atoms with Crippen molar-refractivity contribution in [2.45, 2.75) is 32.7 Å². The SMILES string of the molecule is Cc1cnc(C2CCN(Cc3cc(C)on3)C2)[nH]1. The number of hydrogen-bond donors (Lipinski definition) is 1. The van der Waals surface area contributed by atoms with Crippen molar-refractivity contribution < 1.29 is 4.52 Å². The van der Waals surface area contributed by atoms with Gasteiger partial charge in [0.15, 0.2) is 0 Å². The molecule has 0 spiro atoms.